The van der Waals surface area contributed by atoms with Crippen LogP contribution in [0.3, 0.4) is 0 Å². The Hall–Kier alpha value is -3.63. The number of hydrogen-bond acceptors (Lipinski definition) is 7. The number of likely N-dealkylation sites (tertiary alicyclic amines) is 1. The molecule has 1 saturated carbocycles. The van der Waals surface area contributed by atoms with Crippen LogP contribution in [0, 0.1) is 5.92 Å². The van der Waals surface area contributed by atoms with Crippen molar-refractivity contribution in [1.29, 1.82) is 0 Å². The Morgan fingerprint density at radius 1 is 1.02 bits per heavy atom. The third-order valence-corrected chi connectivity index (χ3v) is 9.06. The first kappa shape index (κ1) is 29.8. The summed E-state index contributed by atoms with van der Waals surface area (Å²) in [7, 11) is 0. The van der Waals surface area contributed by atoms with E-state index in [1.54, 1.807) is 12.1 Å². The van der Waals surface area contributed by atoms with E-state index in [0.717, 1.165) is 42.9 Å². The fourth-order valence-corrected chi connectivity index (χ4v) is 6.64. The minimum atomic E-state index is -1.40. The number of nitrogens with one attached hydrogen (secondary N) is 2. The molecule has 2 aromatic rings. The summed E-state index contributed by atoms with van der Waals surface area (Å²) < 4.78 is 5.34. The summed E-state index contributed by atoms with van der Waals surface area (Å²) in [4.78, 5) is 66.4. The smallest absolute Gasteiger partial charge is 0.251 e. The quantitative estimate of drug-likeness (QED) is 0.307. The summed E-state index contributed by atoms with van der Waals surface area (Å²) in [6, 6.07) is 11.2. The molecule has 0 aromatic heterocycles. The lowest BCUT2D eigenvalue weighted by atomic mass is 9.84. The van der Waals surface area contributed by atoms with Gasteiger partial charge < -0.3 is 25.4 Å². The van der Waals surface area contributed by atoms with Gasteiger partial charge in [0.15, 0.2) is 6.29 Å². The zero-order chi connectivity index (χ0) is 29.7. The normalized spacial score (nSPS) is 23.2. The van der Waals surface area contributed by atoms with Crippen molar-refractivity contribution in [3.8, 4) is 0 Å². The molecular formula is C32H39N3O7. The first-order valence-corrected chi connectivity index (χ1v) is 15.0. The number of amides is 3. The highest BCUT2D eigenvalue weighted by Crippen LogP contribution is 2.30. The van der Waals surface area contributed by atoms with Gasteiger partial charge in [0, 0.05) is 44.6 Å². The number of ketones is 1. The van der Waals surface area contributed by atoms with Gasteiger partial charge >= 0.3 is 0 Å². The molecule has 0 radical (unpaired) electrons. The molecule has 3 atom stereocenters. The number of aliphatic hydroxyl groups is 1. The van der Waals surface area contributed by atoms with Crippen LogP contribution in [0.2, 0.25) is 0 Å². The first-order chi connectivity index (χ1) is 20.3. The fraction of sp³-hybridized carbons (Fsp3) is 0.531. The Morgan fingerprint density at radius 3 is 2.45 bits per heavy atom. The molecule has 42 heavy (non-hydrogen) atoms. The predicted octanol–water partition coefficient (Wildman–Crippen LogP) is 2.30. The van der Waals surface area contributed by atoms with Gasteiger partial charge in [0.25, 0.3) is 5.91 Å². The third-order valence-electron chi connectivity index (χ3n) is 9.06. The van der Waals surface area contributed by atoms with Crippen molar-refractivity contribution in [2.24, 2.45) is 5.92 Å². The van der Waals surface area contributed by atoms with Crippen LogP contribution in [-0.4, -0.2) is 83.3 Å². The second-order valence-electron chi connectivity index (χ2n) is 11.9. The van der Waals surface area contributed by atoms with Crippen molar-refractivity contribution >= 4 is 40.6 Å². The van der Waals surface area contributed by atoms with E-state index >= 15 is 0 Å². The largest absolute Gasteiger partial charge is 0.391 e. The van der Waals surface area contributed by atoms with E-state index in [-0.39, 0.29) is 57.1 Å². The topological polar surface area (TPSA) is 142 Å². The molecule has 3 fully saturated rings. The molecule has 2 heterocycles. The number of hydrogen-bond donors (Lipinski definition) is 3. The van der Waals surface area contributed by atoms with Crippen molar-refractivity contribution in [2.75, 3.05) is 19.8 Å². The van der Waals surface area contributed by atoms with Crippen LogP contribution in [0.5, 0.6) is 0 Å². The van der Waals surface area contributed by atoms with Crippen LogP contribution in [0.25, 0.3) is 10.8 Å². The molecule has 3 N–H and O–H groups in total. The van der Waals surface area contributed by atoms with Crippen molar-refractivity contribution in [1.82, 2.24) is 15.5 Å². The van der Waals surface area contributed by atoms with Gasteiger partial charge in [0.1, 0.15) is 17.6 Å². The summed E-state index contributed by atoms with van der Waals surface area (Å²) in [5.74, 6) is -1.91. The molecule has 2 aromatic carbocycles. The van der Waals surface area contributed by atoms with Crippen molar-refractivity contribution in [3.05, 3.63) is 48.0 Å². The number of fused-ring (bicyclic) bond motifs is 1. The van der Waals surface area contributed by atoms with Gasteiger partial charge in [-0.25, -0.2) is 0 Å². The molecule has 0 unspecified atom stereocenters. The zero-order valence-electron chi connectivity index (χ0n) is 23.8. The van der Waals surface area contributed by atoms with E-state index in [1.165, 1.54) is 4.90 Å². The van der Waals surface area contributed by atoms with E-state index in [9.17, 15) is 29.1 Å². The first-order valence-electron chi connectivity index (χ1n) is 15.0. The molecule has 224 valence electrons. The summed E-state index contributed by atoms with van der Waals surface area (Å²) in [6.45, 7) is 0.349. The van der Waals surface area contributed by atoms with Gasteiger partial charge in [-0.05, 0) is 35.2 Å². The Labute approximate surface area is 245 Å². The van der Waals surface area contributed by atoms with Gasteiger partial charge in [-0.1, -0.05) is 62.4 Å². The molecule has 3 amide bonds. The Kier molecular flexibility index (Phi) is 9.33. The summed E-state index contributed by atoms with van der Waals surface area (Å²) in [6.07, 6.45) is 5.18. The Balaban J connectivity index is 1.37. The number of rotatable bonds is 9. The highest BCUT2D eigenvalue weighted by molar-refractivity contribution is 6.30. The van der Waals surface area contributed by atoms with Gasteiger partial charge in [0.05, 0.1) is 6.10 Å². The maximum Gasteiger partial charge on any atom is 0.251 e. The monoisotopic (exact) mass is 577 g/mol. The molecule has 3 aliphatic rings. The van der Waals surface area contributed by atoms with E-state index in [2.05, 4.69) is 10.6 Å². The lowest BCUT2D eigenvalue weighted by molar-refractivity contribution is -0.145. The number of Topliss-reactive ketones (excluding diaryl/α,β-unsaturated/α-hetero) is 1. The molecule has 0 bridgehead atoms. The third kappa shape index (κ3) is 6.55. The number of aliphatic hydroxyl groups excluding tert-OH is 1. The lowest BCUT2D eigenvalue weighted by Crippen LogP contribution is -2.62. The molecule has 5 rings (SSSR count). The Bertz CT molecular complexity index is 1330. The summed E-state index contributed by atoms with van der Waals surface area (Å²) >= 11 is 0. The minimum Gasteiger partial charge on any atom is -0.391 e. The van der Waals surface area contributed by atoms with Crippen molar-refractivity contribution < 1.29 is 33.8 Å². The molecule has 1 aliphatic carbocycles. The van der Waals surface area contributed by atoms with Crippen LogP contribution < -0.4 is 10.6 Å². The standard InChI is InChI=1S/C32H39N3O7/c36-20-28(38)32(12-14-42-15-13-32)34-30(40)27-18-25(37)19-35(27)31(41)26(16-21-6-2-1-3-7-21)33-29(39)24-11-10-22-8-4-5-9-23(22)17-24/h4-5,8-11,17,20-21,25-27,37H,1-3,6-7,12-16,18-19H2,(H,33,39)(H,34,40)/t25-,26-,27+/m1/s1. The van der Waals surface area contributed by atoms with Crippen LogP contribution in [0.1, 0.15) is 68.1 Å². The van der Waals surface area contributed by atoms with E-state index in [4.69, 9.17) is 4.74 Å². The number of aldehydes is 1. The number of nitrogens with zero attached hydrogens (tertiary/aromatic N) is 1. The molecule has 2 saturated heterocycles. The maximum absolute atomic E-state index is 14.1. The maximum atomic E-state index is 14.1. The van der Waals surface area contributed by atoms with Crippen molar-refractivity contribution in [2.45, 2.75) is 81.5 Å². The van der Waals surface area contributed by atoms with Crippen LogP contribution in [-0.2, 0) is 23.9 Å². The van der Waals surface area contributed by atoms with E-state index in [1.807, 2.05) is 30.3 Å². The summed E-state index contributed by atoms with van der Waals surface area (Å²) in [5, 5.41) is 18.2. The molecule has 0 spiro atoms. The number of carbonyl (C=O) groups excluding carboxylic acids is 5. The molecular weight excluding hydrogens is 538 g/mol. The average molecular weight is 578 g/mol. The molecule has 10 heteroatoms. The van der Waals surface area contributed by atoms with Gasteiger partial charge in [-0.2, -0.15) is 0 Å². The highest BCUT2D eigenvalue weighted by Gasteiger charge is 2.47. The minimum absolute atomic E-state index is 0.00575. The fourth-order valence-electron chi connectivity index (χ4n) is 6.64. The number of carbonyl (C=O) groups is 5. The van der Waals surface area contributed by atoms with Gasteiger partial charge in [-0.15, -0.1) is 0 Å². The lowest BCUT2D eigenvalue weighted by Gasteiger charge is -2.37. The van der Waals surface area contributed by atoms with E-state index < -0.39 is 41.3 Å². The SMILES string of the molecule is O=CC(=O)C1(NC(=O)[C@@H]2C[C@@H](O)CN2C(=O)[C@@H](CC2CCCCC2)NC(=O)c2ccc3ccccc3c2)CCOCC1. The molecule has 10 nitrogen and oxygen atoms in total. The second-order valence-corrected chi connectivity index (χ2v) is 11.9. The van der Waals surface area contributed by atoms with Crippen LogP contribution in [0.4, 0.5) is 0 Å². The van der Waals surface area contributed by atoms with E-state index in [0.29, 0.717) is 12.0 Å². The number of benzene rings is 2. The summed E-state index contributed by atoms with van der Waals surface area (Å²) in [5.41, 5.74) is -0.967. The highest BCUT2D eigenvalue weighted by atomic mass is 16.5. The zero-order valence-corrected chi connectivity index (χ0v) is 23.8. The predicted molar refractivity (Wildman–Crippen MR) is 155 cm³/mol. The second kappa shape index (κ2) is 13.1. The molecule has 2 aliphatic heterocycles. The number of ether oxygens (including phenoxy) is 1. The van der Waals surface area contributed by atoms with Crippen LogP contribution in [0.15, 0.2) is 42.5 Å². The van der Waals surface area contributed by atoms with Gasteiger partial charge in [0.2, 0.25) is 17.6 Å². The van der Waals surface area contributed by atoms with Crippen LogP contribution >= 0.6 is 0 Å². The average Bonchev–Trinajstić information content (AvgIpc) is 3.42. The Morgan fingerprint density at radius 2 is 1.74 bits per heavy atom. The van der Waals surface area contributed by atoms with Crippen molar-refractivity contribution in [3.63, 3.8) is 0 Å². The van der Waals surface area contributed by atoms with Gasteiger partial charge in [-0.3, -0.25) is 24.0 Å². The number of β-amino-alcohol motifs (C(OH)–C–C–N with tert-alkyl or cyclic N) is 1.